The summed E-state index contributed by atoms with van der Waals surface area (Å²) >= 11 is 0. The number of aromatic nitrogens is 1. The summed E-state index contributed by atoms with van der Waals surface area (Å²) in [5, 5.41) is 0. The first-order valence-corrected chi connectivity index (χ1v) is 6.22. The molecule has 2 amide bonds. The molecule has 1 aromatic rings. The van der Waals surface area contributed by atoms with E-state index in [0.717, 1.165) is 24.8 Å². The van der Waals surface area contributed by atoms with E-state index in [4.69, 9.17) is 5.73 Å². The van der Waals surface area contributed by atoms with E-state index in [1.807, 2.05) is 0 Å². The molecule has 0 radical (unpaired) electrons. The zero-order valence-corrected chi connectivity index (χ0v) is 10.0. The van der Waals surface area contributed by atoms with Crippen molar-refractivity contribution in [3.05, 3.63) is 23.9 Å². The van der Waals surface area contributed by atoms with Crippen molar-refractivity contribution >= 4 is 17.6 Å². The average molecular weight is 245 g/mol. The van der Waals surface area contributed by atoms with Crippen LogP contribution in [0.1, 0.15) is 24.8 Å². The van der Waals surface area contributed by atoms with E-state index < -0.39 is 0 Å². The number of hydrogen-bond donors (Lipinski definition) is 1. The minimum atomic E-state index is -0.0701. The average Bonchev–Trinajstić information content (AvgIpc) is 2.92. The molecule has 0 bridgehead atoms. The summed E-state index contributed by atoms with van der Waals surface area (Å²) in [6, 6.07) is 3.48. The lowest BCUT2D eigenvalue weighted by Crippen LogP contribution is -2.31. The van der Waals surface area contributed by atoms with Crippen molar-refractivity contribution in [3.63, 3.8) is 0 Å². The second-order valence-electron chi connectivity index (χ2n) is 5.00. The van der Waals surface area contributed by atoms with E-state index in [9.17, 15) is 9.59 Å². The predicted molar refractivity (Wildman–Crippen MR) is 65.0 cm³/mol. The number of rotatable bonds is 2. The van der Waals surface area contributed by atoms with Gasteiger partial charge in [0.15, 0.2) is 0 Å². The monoisotopic (exact) mass is 245 g/mol. The lowest BCUT2D eigenvalue weighted by molar-refractivity contribution is -0.141. The van der Waals surface area contributed by atoms with Crippen LogP contribution >= 0.6 is 0 Å². The lowest BCUT2D eigenvalue weighted by Gasteiger charge is -2.15. The number of pyridine rings is 1. The number of nitrogen functional groups attached to an aromatic ring is 1. The number of carbonyl (C=O) groups excluding carboxylic acids is 2. The summed E-state index contributed by atoms with van der Waals surface area (Å²) in [7, 11) is 0. The quantitative estimate of drug-likeness (QED) is 0.787. The zero-order valence-electron chi connectivity index (χ0n) is 10.0. The summed E-state index contributed by atoms with van der Waals surface area (Å²) in [6.07, 6.45) is 4.31. The van der Waals surface area contributed by atoms with E-state index in [-0.39, 0.29) is 23.7 Å². The molecule has 2 heterocycles. The zero-order chi connectivity index (χ0) is 12.7. The fourth-order valence-electron chi connectivity index (χ4n) is 2.93. The Bertz CT molecular complexity index is 475. The third kappa shape index (κ3) is 1.66. The molecule has 18 heavy (non-hydrogen) atoms. The second kappa shape index (κ2) is 4.08. The number of anilines is 1. The van der Waals surface area contributed by atoms with Crippen molar-refractivity contribution in [2.45, 2.75) is 25.8 Å². The Balaban J connectivity index is 1.79. The fourth-order valence-corrected chi connectivity index (χ4v) is 2.93. The first-order valence-electron chi connectivity index (χ1n) is 6.22. The van der Waals surface area contributed by atoms with Gasteiger partial charge < -0.3 is 5.73 Å². The molecule has 1 aliphatic carbocycles. The lowest BCUT2D eigenvalue weighted by atomic mass is 10.00. The summed E-state index contributed by atoms with van der Waals surface area (Å²) in [4.78, 5) is 29.6. The Morgan fingerprint density at radius 2 is 1.89 bits per heavy atom. The molecule has 2 fully saturated rings. The first-order chi connectivity index (χ1) is 8.66. The number of imide groups is 1. The van der Waals surface area contributed by atoms with E-state index in [2.05, 4.69) is 4.98 Å². The van der Waals surface area contributed by atoms with E-state index in [0.29, 0.717) is 12.4 Å². The van der Waals surface area contributed by atoms with E-state index in [1.54, 1.807) is 18.3 Å². The maximum Gasteiger partial charge on any atom is 0.233 e. The Morgan fingerprint density at radius 1 is 1.22 bits per heavy atom. The van der Waals surface area contributed by atoms with Crippen molar-refractivity contribution in [2.75, 3.05) is 5.73 Å². The highest BCUT2D eigenvalue weighted by atomic mass is 16.2. The van der Waals surface area contributed by atoms with Gasteiger partial charge in [0.2, 0.25) is 11.8 Å². The molecule has 1 saturated heterocycles. The van der Waals surface area contributed by atoms with Crippen LogP contribution in [-0.2, 0) is 16.1 Å². The van der Waals surface area contributed by atoms with Gasteiger partial charge in [-0.25, -0.2) is 4.98 Å². The molecule has 3 rings (SSSR count). The van der Waals surface area contributed by atoms with Gasteiger partial charge in [0.25, 0.3) is 0 Å². The molecule has 5 heteroatoms. The third-order valence-electron chi connectivity index (χ3n) is 3.87. The molecule has 1 aromatic heterocycles. The van der Waals surface area contributed by atoms with Gasteiger partial charge in [0.05, 0.1) is 18.4 Å². The maximum atomic E-state index is 12.1. The molecular weight excluding hydrogens is 230 g/mol. The Labute approximate surface area is 105 Å². The number of nitrogens with zero attached hydrogens (tertiary/aromatic N) is 2. The molecule has 1 saturated carbocycles. The number of nitrogens with two attached hydrogens (primary N) is 1. The SMILES string of the molecule is Nc1ccc(CN2C(=O)C3CCCC3C2=O)cn1. The van der Waals surface area contributed by atoms with Crippen LogP contribution in [0.15, 0.2) is 18.3 Å². The first kappa shape index (κ1) is 11.2. The van der Waals surface area contributed by atoms with E-state index >= 15 is 0 Å². The topological polar surface area (TPSA) is 76.3 Å². The van der Waals surface area contributed by atoms with Crippen LogP contribution in [0.2, 0.25) is 0 Å². The molecule has 94 valence electrons. The van der Waals surface area contributed by atoms with Gasteiger partial charge in [-0.2, -0.15) is 0 Å². The highest BCUT2D eigenvalue weighted by Gasteiger charge is 2.49. The summed E-state index contributed by atoms with van der Waals surface area (Å²) in [5.74, 6) is 0.270. The third-order valence-corrected chi connectivity index (χ3v) is 3.87. The highest BCUT2D eigenvalue weighted by Crippen LogP contribution is 2.40. The minimum absolute atomic E-state index is 0.0145. The van der Waals surface area contributed by atoms with Gasteiger partial charge in [-0.05, 0) is 24.5 Å². The predicted octanol–water partition coefficient (Wildman–Crippen LogP) is 0.949. The summed E-state index contributed by atoms with van der Waals surface area (Å²) in [5.41, 5.74) is 6.34. The second-order valence-corrected chi connectivity index (χ2v) is 5.00. The number of likely N-dealkylation sites (tertiary alicyclic amines) is 1. The van der Waals surface area contributed by atoms with Crippen LogP contribution in [0.5, 0.6) is 0 Å². The Kier molecular flexibility index (Phi) is 2.54. The number of carbonyl (C=O) groups is 2. The fraction of sp³-hybridized carbons (Fsp3) is 0.462. The van der Waals surface area contributed by atoms with Crippen molar-refractivity contribution in [2.24, 2.45) is 11.8 Å². The van der Waals surface area contributed by atoms with Gasteiger partial charge in [-0.1, -0.05) is 12.5 Å². The summed E-state index contributed by atoms with van der Waals surface area (Å²) < 4.78 is 0. The Morgan fingerprint density at radius 3 is 2.44 bits per heavy atom. The van der Waals surface area contributed by atoms with Crippen molar-refractivity contribution < 1.29 is 9.59 Å². The standard InChI is InChI=1S/C13H15N3O2/c14-11-5-4-8(6-15-11)7-16-12(17)9-2-1-3-10(9)13(16)18/h4-6,9-10H,1-3,7H2,(H2,14,15). The normalized spacial score (nSPS) is 26.8. The summed E-state index contributed by atoms with van der Waals surface area (Å²) in [6.45, 7) is 0.317. The number of amides is 2. The Hall–Kier alpha value is -1.91. The molecule has 5 nitrogen and oxygen atoms in total. The minimum Gasteiger partial charge on any atom is -0.384 e. The molecule has 2 aliphatic rings. The van der Waals surface area contributed by atoms with Gasteiger partial charge in [-0.3, -0.25) is 14.5 Å². The molecule has 2 N–H and O–H groups in total. The van der Waals surface area contributed by atoms with Crippen molar-refractivity contribution in [3.8, 4) is 0 Å². The van der Waals surface area contributed by atoms with Crippen LogP contribution < -0.4 is 5.73 Å². The van der Waals surface area contributed by atoms with E-state index in [1.165, 1.54) is 4.90 Å². The van der Waals surface area contributed by atoms with Crippen LogP contribution in [0, 0.1) is 11.8 Å². The molecule has 1 aliphatic heterocycles. The van der Waals surface area contributed by atoms with Gasteiger partial charge in [-0.15, -0.1) is 0 Å². The van der Waals surface area contributed by atoms with Gasteiger partial charge in [0.1, 0.15) is 5.82 Å². The van der Waals surface area contributed by atoms with Crippen LogP contribution in [-0.4, -0.2) is 21.7 Å². The van der Waals surface area contributed by atoms with Gasteiger partial charge in [0, 0.05) is 6.20 Å². The van der Waals surface area contributed by atoms with Gasteiger partial charge >= 0.3 is 0 Å². The molecule has 2 unspecified atom stereocenters. The number of hydrogen-bond acceptors (Lipinski definition) is 4. The molecule has 0 aromatic carbocycles. The van der Waals surface area contributed by atoms with Crippen molar-refractivity contribution in [1.29, 1.82) is 0 Å². The maximum absolute atomic E-state index is 12.1. The molecule has 0 spiro atoms. The highest BCUT2D eigenvalue weighted by molar-refractivity contribution is 6.05. The van der Waals surface area contributed by atoms with Crippen LogP contribution in [0.25, 0.3) is 0 Å². The molecular formula is C13H15N3O2. The smallest absolute Gasteiger partial charge is 0.233 e. The molecule has 2 atom stereocenters. The van der Waals surface area contributed by atoms with Crippen LogP contribution in [0.3, 0.4) is 0 Å². The number of fused-ring (bicyclic) bond motifs is 1. The largest absolute Gasteiger partial charge is 0.384 e. The van der Waals surface area contributed by atoms with Crippen molar-refractivity contribution in [1.82, 2.24) is 9.88 Å². The van der Waals surface area contributed by atoms with Crippen LogP contribution in [0.4, 0.5) is 5.82 Å².